The van der Waals surface area contributed by atoms with Gasteiger partial charge in [-0.3, -0.25) is 11.3 Å². The summed E-state index contributed by atoms with van der Waals surface area (Å²) < 4.78 is 31.4. The van der Waals surface area contributed by atoms with Crippen molar-refractivity contribution in [3.63, 3.8) is 0 Å². The third-order valence-corrected chi connectivity index (χ3v) is 5.21. The molecule has 1 aromatic rings. The van der Waals surface area contributed by atoms with Crippen LogP contribution in [0, 0.1) is 26.2 Å². The van der Waals surface area contributed by atoms with E-state index in [1.54, 1.807) is 27.4 Å². The molecule has 1 aromatic carbocycles. The summed E-state index contributed by atoms with van der Waals surface area (Å²) >= 11 is 0. The van der Waals surface area contributed by atoms with Crippen molar-refractivity contribution in [2.45, 2.75) is 72.6 Å². The van der Waals surface area contributed by atoms with E-state index in [9.17, 15) is 8.78 Å². The SMILES string of the molecule is CC[C-]=O.CN=C1/C(=C(\C)C(C)(F)F)CCC1C.[CH2-]CC[CH-]c1cccc(OC)c1C.[K+]. The molecule has 1 fully saturated rings. The number of nitrogens with zero attached hydrogens (tertiary/aromatic N) is 1. The van der Waals surface area contributed by atoms with Crippen molar-refractivity contribution in [2.24, 2.45) is 10.9 Å². The van der Waals surface area contributed by atoms with Crippen LogP contribution < -0.4 is 56.1 Å². The van der Waals surface area contributed by atoms with Crippen LogP contribution >= 0.6 is 0 Å². The van der Waals surface area contributed by atoms with Gasteiger partial charge in [0.05, 0.1) is 12.9 Å². The monoisotopic (exact) mass is 473 g/mol. The average Bonchev–Trinajstić information content (AvgIpc) is 3.12. The van der Waals surface area contributed by atoms with E-state index in [2.05, 4.69) is 31.3 Å². The van der Waals surface area contributed by atoms with E-state index >= 15 is 0 Å². The fourth-order valence-corrected chi connectivity index (χ4v) is 3.25. The van der Waals surface area contributed by atoms with Gasteiger partial charge in [-0.1, -0.05) is 20.8 Å². The van der Waals surface area contributed by atoms with E-state index in [1.165, 1.54) is 18.1 Å². The zero-order valence-electron chi connectivity index (χ0n) is 21.1. The molecular weight excluding hydrogens is 435 g/mol. The molecule has 3 nitrogen and oxygen atoms in total. The molecule has 1 unspecified atom stereocenters. The van der Waals surface area contributed by atoms with Gasteiger partial charge in [0.15, 0.2) is 0 Å². The van der Waals surface area contributed by atoms with Crippen molar-refractivity contribution in [1.29, 1.82) is 0 Å². The average molecular weight is 474 g/mol. The Labute approximate surface area is 236 Å². The number of hydrogen-bond donors (Lipinski definition) is 0. The zero-order chi connectivity index (χ0) is 24.0. The molecular formula is C26H38F2KNO2-2. The minimum Gasteiger partial charge on any atom is -0.542 e. The van der Waals surface area contributed by atoms with E-state index < -0.39 is 5.92 Å². The summed E-state index contributed by atoms with van der Waals surface area (Å²) in [4.78, 5) is 13.2. The molecule has 1 aliphatic rings. The van der Waals surface area contributed by atoms with E-state index in [-0.39, 0.29) is 57.0 Å². The molecule has 1 aliphatic carbocycles. The van der Waals surface area contributed by atoms with Crippen molar-refractivity contribution in [3.8, 4) is 5.75 Å². The number of methoxy groups -OCH3 is 1. The van der Waals surface area contributed by atoms with Crippen LogP contribution in [-0.2, 0) is 4.79 Å². The van der Waals surface area contributed by atoms with Crippen LogP contribution in [-0.4, -0.2) is 32.1 Å². The van der Waals surface area contributed by atoms with Gasteiger partial charge in [-0.2, -0.15) is 30.9 Å². The van der Waals surface area contributed by atoms with Gasteiger partial charge in [0.1, 0.15) is 0 Å². The van der Waals surface area contributed by atoms with Gasteiger partial charge in [-0.15, -0.1) is 18.1 Å². The van der Waals surface area contributed by atoms with Gasteiger partial charge in [0, 0.05) is 19.7 Å². The number of rotatable bonds is 6. The zero-order valence-corrected chi connectivity index (χ0v) is 24.3. The Hall–Kier alpha value is -0.534. The number of alkyl halides is 2. The number of unbranched alkanes of at least 4 members (excludes halogenated alkanes) is 1. The molecule has 0 amide bonds. The van der Waals surface area contributed by atoms with Crippen molar-refractivity contribution < 1.29 is 69.7 Å². The number of benzene rings is 1. The molecule has 1 atom stereocenters. The quantitative estimate of drug-likeness (QED) is 0.460. The fourth-order valence-electron chi connectivity index (χ4n) is 3.25. The van der Waals surface area contributed by atoms with Crippen LogP contribution in [0.4, 0.5) is 8.78 Å². The second kappa shape index (κ2) is 17.9. The first-order valence-corrected chi connectivity index (χ1v) is 10.7. The molecule has 176 valence electrons. The molecule has 0 aromatic heterocycles. The van der Waals surface area contributed by atoms with Crippen LogP contribution in [0.3, 0.4) is 0 Å². The van der Waals surface area contributed by atoms with Crippen LogP contribution in [0.5, 0.6) is 5.75 Å². The van der Waals surface area contributed by atoms with Crippen LogP contribution in [0.2, 0.25) is 0 Å². The predicted octanol–water partition coefficient (Wildman–Crippen LogP) is 4.14. The second-order valence-corrected chi connectivity index (χ2v) is 7.56. The Bertz CT molecular complexity index is 740. The maximum absolute atomic E-state index is 13.1. The molecule has 0 N–H and O–H groups in total. The van der Waals surface area contributed by atoms with Gasteiger partial charge in [0.25, 0.3) is 5.92 Å². The maximum atomic E-state index is 13.1. The molecule has 0 aliphatic heterocycles. The Morgan fingerprint density at radius 1 is 1.41 bits per heavy atom. The maximum Gasteiger partial charge on any atom is 1.00 e. The van der Waals surface area contributed by atoms with Crippen molar-refractivity contribution >= 4 is 12.0 Å². The van der Waals surface area contributed by atoms with Crippen molar-refractivity contribution in [2.75, 3.05) is 14.2 Å². The Morgan fingerprint density at radius 3 is 2.44 bits per heavy atom. The minimum absolute atomic E-state index is 0. The molecule has 32 heavy (non-hydrogen) atoms. The molecule has 6 heteroatoms. The predicted molar refractivity (Wildman–Crippen MR) is 127 cm³/mol. The fraction of sp³-hybridized carbons (Fsp3) is 0.538. The van der Waals surface area contributed by atoms with E-state index in [1.807, 2.05) is 19.1 Å². The number of hydrogen-bond acceptors (Lipinski definition) is 3. The van der Waals surface area contributed by atoms with Gasteiger partial charge in [0.2, 0.25) is 0 Å². The van der Waals surface area contributed by atoms with E-state index in [0.717, 1.165) is 49.6 Å². The Kier molecular flexibility index (Phi) is 18.8. The van der Waals surface area contributed by atoms with Gasteiger partial charge in [-0.25, -0.2) is 8.78 Å². The summed E-state index contributed by atoms with van der Waals surface area (Å²) in [5.41, 5.74) is 4.28. The Balaban J connectivity index is 0. The smallest absolute Gasteiger partial charge is 0.542 e. The summed E-state index contributed by atoms with van der Waals surface area (Å²) in [6, 6.07) is 6.10. The minimum atomic E-state index is -2.71. The third kappa shape index (κ3) is 11.6. The standard InChI is InChI=1S/C12H16O.C11H17F2N.C3H5O.K/c1-4-5-7-11-8-6-9-12(13-3)10(11)2;1-7-5-6-9(10(7)14-4)8(2)11(3,12)13;1-2-3-4;/h6-9H,1,4-5H2,2-3H3;7H,5-6H2,1-4H3;2H2,1H3;/q-2;;-1;+1/b;9-8+,14-10?;;. The summed E-state index contributed by atoms with van der Waals surface area (Å²) in [5, 5.41) is 0. The number of allylic oxidation sites excluding steroid dienone is 2. The summed E-state index contributed by atoms with van der Waals surface area (Å²) in [6.07, 6.45) is 8.04. The number of carbonyl (C=O) groups excluding carboxylic acids is 1. The largest absolute Gasteiger partial charge is 1.00 e. The first-order valence-electron chi connectivity index (χ1n) is 10.7. The van der Waals surface area contributed by atoms with E-state index in [4.69, 9.17) is 9.53 Å². The molecule has 0 radical (unpaired) electrons. The normalized spacial score (nSPS) is 17.8. The van der Waals surface area contributed by atoms with Crippen LogP contribution in [0.15, 0.2) is 34.3 Å². The summed E-state index contributed by atoms with van der Waals surface area (Å²) in [7, 11) is 3.38. The molecule has 0 saturated heterocycles. The number of aliphatic imine (C=N–C) groups is 1. The van der Waals surface area contributed by atoms with Gasteiger partial charge >= 0.3 is 51.4 Å². The molecule has 0 bridgehead atoms. The van der Waals surface area contributed by atoms with Crippen LogP contribution in [0.1, 0.15) is 70.9 Å². The van der Waals surface area contributed by atoms with Gasteiger partial charge < -0.3 is 16.5 Å². The molecule has 2 rings (SSSR count). The molecule has 0 heterocycles. The summed E-state index contributed by atoms with van der Waals surface area (Å²) in [6.45, 7) is 12.1. The first kappa shape index (κ1) is 33.6. The Morgan fingerprint density at radius 2 is 2.00 bits per heavy atom. The topological polar surface area (TPSA) is 38.7 Å². The van der Waals surface area contributed by atoms with Gasteiger partial charge in [-0.05, 0) is 42.9 Å². The summed E-state index contributed by atoms with van der Waals surface area (Å²) in [5.74, 6) is -1.43. The third-order valence-electron chi connectivity index (χ3n) is 5.21. The molecule has 0 spiro atoms. The van der Waals surface area contributed by atoms with Crippen molar-refractivity contribution in [1.82, 2.24) is 0 Å². The molecule has 1 saturated carbocycles. The van der Waals surface area contributed by atoms with Crippen molar-refractivity contribution in [3.05, 3.63) is 53.8 Å². The number of halogens is 2. The second-order valence-electron chi connectivity index (χ2n) is 7.56. The van der Waals surface area contributed by atoms with E-state index in [0.29, 0.717) is 12.3 Å². The van der Waals surface area contributed by atoms with Crippen LogP contribution in [0.25, 0.3) is 0 Å². The first-order chi connectivity index (χ1) is 14.6. The number of ether oxygens (including phenoxy) is 1.